The standard InChI is InChI=1S/C28H26ClN3O4S/c1-35-22-16-24-27(25(17-22)36-14-6-13-30)32(18-19-7-4-10-21(29)15-19)31-28(24)37(33,34)26-12-5-9-20-8-2-3-11-23(20)26/h2-5,7-12,15-17H,6,13-14,18,30H2,1H3. The zero-order valence-electron chi connectivity index (χ0n) is 20.2. The van der Waals surface area contributed by atoms with Crippen molar-refractivity contribution in [2.45, 2.75) is 22.9 Å². The summed E-state index contributed by atoms with van der Waals surface area (Å²) >= 11 is 6.22. The van der Waals surface area contributed by atoms with E-state index in [2.05, 4.69) is 5.10 Å². The SMILES string of the molecule is COc1cc(OCCCN)c2c(c1)c(S(=O)(=O)c1cccc3ccccc13)nn2Cc1cccc(Cl)c1. The second kappa shape index (κ2) is 10.4. The van der Waals surface area contributed by atoms with Crippen molar-refractivity contribution in [1.82, 2.24) is 9.78 Å². The van der Waals surface area contributed by atoms with Crippen molar-refractivity contribution in [3.63, 3.8) is 0 Å². The van der Waals surface area contributed by atoms with Crippen molar-refractivity contribution in [3.8, 4) is 11.5 Å². The monoisotopic (exact) mass is 535 g/mol. The van der Waals surface area contributed by atoms with Gasteiger partial charge in [-0.15, -0.1) is 0 Å². The molecule has 0 saturated heterocycles. The fourth-order valence-corrected chi connectivity index (χ4v) is 6.18. The summed E-state index contributed by atoms with van der Waals surface area (Å²) in [5, 5.41) is 7.05. The highest BCUT2D eigenvalue weighted by molar-refractivity contribution is 7.91. The van der Waals surface area contributed by atoms with E-state index in [9.17, 15) is 8.42 Å². The Bertz CT molecular complexity index is 1690. The Kier molecular flexibility index (Phi) is 7.06. The molecule has 2 N–H and O–H groups in total. The van der Waals surface area contributed by atoms with Crippen molar-refractivity contribution in [1.29, 1.82) is 0 Å². The fraction of sp³-hybridized carbons (Fsp3) is 0.179. The first-order valence-electron chi connectivity index (χ1n) is 11.8. The van der Waals surface area contributed by atoms with Crippen LogP contribution in [0.15, 0.2) is 88.8 Å². The molecule has 0 atom stereocenters. The van der Waals surface area contributed by atoms with Crippen LogP contribution >= 0.6 is 11.6 Å². The largest absolute Gasteiger partial charge is 0.497 e. The number of methoxy groups -OCH3 is 1. The molecule has 0 bridgehead atoms. The molecule has 0 spiro atoms. The lowest BCUT2D eigenvalue weighted by molar-refractivity contribution is 0.313. The normalized spacial score (nSPS) is 11.8. The van der Waals surface area contributed by atoms with Gasteiger partial charge in [-0.05, 0) is 48.2 Å². The molecule has 0 fully saturated rings. The molecule has 0 aliphatic heterocycles. The third-order valence-corrected chi connectivity index (χ3v) is 8.09. The zero-order valence-corrected chi connectivity index (χ0v) is 21.8. The molecule has 5 aromatic rings. The topological polar surface area (TPSA) is 96.4 Å². The minimum absolute atomic E-state index is 0.0662. The van der Waals surface area contributed by atoms with Gasteiger partial charge in [-0.3, -0.25) is 4.68 Å². The third-order valence-electron chi connectivity index (χ3n) is 6.11. The van der Waals surface area contributed by atoms with E-state index >= 15 is 0 Å². The molecule has 0 aliphatic carbocycles. The molecule has 0 amide bonds. The van der Waals surface area contributed by atoms with Crippen molar-refractivity contribution in [2.24, 2.45) is 5.73 Å². The maximum absolute atomic E-state index is 14.2. The summed E-state index contributed by atoms with van der Waals surface area (Å²) in [7, 11) is -2.50. The quantitative estimate of drug-likeness (QED) is 0.252. The number of sulfone groups is 1. The lowest BCUT2D eigenvalue weighted by atomic mass is 10.1. The van der Waals surface area contributed by atoms with Gasteiger partial charge >= 0.3 is 0 Å². The summed E-state index contributed by atoms with van der Waals surface area (Å²) in [5.41, 5.74) is 7.09. The van der Waals surface area contributed by atoms with Crippen LogP contribution < -0.4 is 15.2 Å². The van der Waals surface area contributed by atoms with Gasteiger partial charge in [0.2, 0.25) is 9.84 Å². The molecule has 4 aromatic carbocycles. The molecular formula is C28H26ClN3O4S. The number of ether oxygens (including phenoxy) is 2. The van der Waals surface area contributed by atoms with Gasteiger partial charge in [0.1, 0.15) is 17.0 Å². The van der Waals surface area contributed by atoms with Gasteiger partial charge in [-0.25, -0.2) is 8.42 Å². The predicted molar refractivity (Wildman–Crippen MR) is 145 cm³/mol. The average Bonchev–Trinajstić information content (AvgIpc) is 3.27. The molecule has 0 aliphatic rings. The van der Waals surface area contributed by atoms with Crippen molar-refractivity contribution in [2.75, 3.05) is 20.3 Å². The number of nitrogens with zero attached hydrogens (tertiary/aromatic N) is 2. The van der Waals surface area contributed by atoms with E-state index < -0.39 is 9.84 Å². The van der Waals surface area contributed by atoms with Crippen LogP contribution in [-0.2, 0) is 16.4 Å². The number of hydrogen-bond acceptors (Lipinski definition) is 6. The Morgan fingerprint density at radius 3 is 2.54 bits per heavy atom. The van der Waals surface area contributed by atoms with Crippen molar-refractivity contribution >= 4 is 43.1 Å². The summed E-state index contributed by atoms with van der Waals surface area (Å²) in [6.45, 7) is 1.13. The summed E-state index contributed by atoms with van der Waals surface area (Å²) in [6.07, 6.45) is 0.641. The van der Waals surface area contributed by atoms with E-state index in [1.54, 1.807) is 41.1 Å². The molecule has 9 heteroatoms. The van der Waals surface area contributed by atoms with Gasteiger partial charge in [0, 0.05) is 21.9 Å². The first-order chi connectivity index (χ1) is 17.9. The third kappa shape index (κ3) is 4.87. The molecule has 5 rings (SSSR count). The molecule has 0 radical (unpaired) electrons. The molecular weight excluding hydrogens is 510 g/mol. The van der Waals surface area contributed by atoms with E-state index in [1.165, 1.54) is 7.11 Å². The molecule has 0 unspecified atom stereocenters. The van der Waals surface area contributed by atoms with Crippen LogP contribution in [0.25, 0.3) is 21.7 Å². The van der Waals surface area contributed by atoms with Gasteiger partial charge in [-0.1, -0.05) is 60.1 Å². The first-order valence-corrected chi connectivity index (χ1v) is 13.7. The van der Waals surface area contributed by atoms with Crippen molar-refractivity contribution < 1.29 is 17.9 Å². The van der Waals surface area contributed by atoms with Crippen LogP contribution in [0.4, 0.5) is 0 Å². The predicted octanol–water partition coefficient (Wildman–Crippen LogP) is 5.46. The van der Waals surface area contributed by atoms with Gasteiger partial charge in [0.25, 0.3) is 0 Å². The minimum Gasteiger partial charge on any atom is -0.497 e. The number of benzene rings is 4. The Labute approximate surface area is 220 Å². The van der Waals surface area contributed by atoms with Crippen LogP contribution in [0.1, 0.15) is 12.0 Å². The van der Waals surface area contributed by atoms with E-state index in [0.717, 1.165) is 10.9 Å². The van der Waals surface area contributed by atoms with Gasteiger partial charge in [0.15, 0.2) is 5.03 Å². The second-order valence-corrected chi connectivity index (χ2v) is 10.9. The summed E-state index contributed by atoms with van der Waals surface area (Å²) in [4.78, 5) is 0.188. The Balaban J connectivity index is 1.76. The van der Waals surface area contributed by atoms with Crippen LogP contribution in [0, 0.1) is 0 Å². The second-order valence-electron chi connectivity index (χ2n) is 8.59. The van der Waals surface area contributed by atoms with Crippen LogP contribution in [0.2, 0.25) is 5.02 Å². The van der Waals surface area contributed by atoms with Crippen LogP contribution in [0.3, 0.4) is 0 Å². The Hall–Kier alpha value is -3.59. The molecule has 0 saturated carbocycles. The Morgan fingerprint density at radius 2 is 1.76 bits per heavy atom. The number of rotatable bonds is 9. The maximum Gasteiger partial charge on any atom is 0.226 e. The maximum atomic E-state index is 14.2. The number of fused-ring (bicyclic) bond motifs is 2. The summed E-state index contributed by atoms with van der Waals surface area (Å²) in [6, 6.07) is 23.4. The lowest BCUT2D eigenvalue weighted by Crippen LogP contribution is -2.08. The van der Waals surface area contributed by atoms with Crippen LogP contribution in [0.5, 0.6) is 11.5 Å². The average molecular weight is 536 g/mol. The van der Waals surface area contributed by atoms with E-state index in [1.807, 2.05) is 42.5 Å². The minimum atomic E-state index is -4.03. The fourth-order valence-electron chi connectivity index (χ4n) is 4.37. The highest BCUT2D eigenvalue weighted by atomic mass is 35.5. The molecule has 1 aromatic heterocycles. The Morgan fingerprint density at radius 1 is 0.973 bits per heavy atom. The van der Waals surface area contributed by atoms with E-state index in [-0.39, 0.29) is 9.92 Å². The summed E-state index contributed by atoms with van der Waals surface area (Å²) in [5.74, 6) is 0.934. The molecule has 1 heterocycles. The smallest absolute Gasteiger partial charge is 0.226 e. The zero-order chi connectivity index (χ0) is 26.0. The lowest BCUT2D eigenvalue weighted by Gasteiger charge is -2.12. The number of halogens is 1. The molecule has 37 heavy (non-hydrogen) atoms. The van der Waals surface area contributed by atoms with Crippen LogP contribution in [-0.4, -0.2) is 38.5 Å². The summed E-state index contributed by atoms with van der Waals surface area (Å²) < 4.78 is 41.5. The molecule has 7 nitrogen and oxygen atoms in total. The van der Waals surface area contributed by atoms with Gasteiger partial charge in [0.05, 0.1) is 25.2 Å². The van der Waals surface area contributed by atoms with Gasteiger partial charge < -0.3 is 15.2 Å². The highest BCUT2D eigenvalue weighted by Gasteiger charge is 2.29. The van der Waals surface area contributed by atoms with Crippen molar-refractivity contribution in [3.05, 3.63) is 89.4 Å². The highest BCUT2D eigenvalue weighted by Crippen LogP contribution is 2.38. The molecule has 190 valence electrons. The first kappa shape index (κ1) is 25.1. The van der Waals surface area contributed by atoms with Gasteiger partial charge in [-0.2, -0.15) is 5.10 Å². The van der Waals surface area contributed by atoms with E-state index in [0.29, 0.717) is 58.9 Å². The number of aromatic nitrogens is 2. The van der Waals surface area contributed by atoms with E-state index in [4.69, 9.17) is 26.8 Å². The number of hydrogen-bond donors (Lipinski definition) is 1. The number of nitrogens with two attached hydrogens (primary N) is 1.